The van der Waals surface area contributed by atoms with E-state index in [-0.39, 0.29) is 12.5 Å². The Morgan fingerprint density at radius 2 is 1.96 bits per heavy atom. The van der Waals surface area contributed by atoms with E-state index in [1.807, 2.05) is 44.2 Å². The van der Waals surface area contributed by atoms with E-state index < -0.39 is 23.1 Å². The Balaban J connectivity index is 2.10. The van der Waals surface area contributed by atoms with Crippen LogP contribution in [0.15, 0.2) is 42.5 Å². The van der Waals surface area contributed by atoms with E-state index in [2.05, 4.69) is 0 Å². The van der Waals surface area contributed by atoms with Crippen LogP contribution in [0.4, 0.5) is 0 Å². The first-order chi connectivity index (χ1) is 10.7. The molecule has 1 aliphatic carbocycles. The third kappa shape index (κ3) is 4.42. The second-order valence-electron chi connectivity index (χ2n) is 6.32. The van der Waals surface area contributed by atoms with E-state index in [0.717, 1.165) is 5.56 Å². The zero-order valence-electron chi connectivity index (χ0n) is 13.6. The minimum atomic E-state index is -1.13. The van der Waals surface area contributed by atoms with Crippen molar-refractivity contribution in [1.82, 2.24) is 0 Å². The van der Waals surface area contributed by atoms with Crippen LogP contribution in [-0.2, 0) is 24.7 Å². The molecule has 0 fully saturated rings. The van der Waals surface area contributed by atoms with Crippen molar-refractivity contribution in [2.75, 3.05) is 0 Å². The van der Waals surface area contributed by atoms with Gasteiger partial charge in [-0.05, 0) is 25.5 Å². The molecule has 0 heterocycles. The highest BCUT2D eigenvalue weighted by atomic mass is 16.6. The SMILES string of the molecule is CC(=O)O[C@]1(CC(=O)O)C=C[C@@H](OC(C)(C)c2ccccc2)C1. The Morgan fingerprint density at radius 3 is 2.52 bits per heavy atom. The summed E-state index contributed by atoms with van der Waals surface area (Å²) in [4.78, 5) is 22.4. The standard InChI is InChI=1S/C18H22O5/c1-13(19)22-18(12-16(20)21)10-9-15(11-18)23-17(2,3)14-7-5-4-6-8-14/h4-10,15H,11-12H2,1-3H3,(H,20,21)/t15-,18-/m1/s1. The van der Waals surface area contributed by atoms with Crippen molar-refractivity contribution in [1.29, 1.82) is 0 Å². The van der Waals surface area contributed by atoms with Crippen molar-refractivity contribution in [2.24, 2.45) is 0 Å². The molecule has 0 amide bonds. The molecule has 1 aromatic carbocycles. The second-order valence-corrected chi connectivity index (χ2v) is 6.32. The lowest BCUT2D eigenvalue weighted by atomic mass is 9.96. The molecule has 0 aromatic heterocycles. The monoisotopic (exact) mass is 318 g/mol. The molecule has 0 bridgehead atoms. The third-order valence-electron chi connectivity index (χ3n) is 3.87. The lowest BCUT2D eigenvalue weighted by molar-refractivity contribution is -0.160. The predicted octanol–water partition coefficient (Wildman–Crippen LogP) is 3.04. The van der Waals surface area contributed by atoms with Gasteiger partial charge in [-0.15, -0.1) is 0 Å². The Kier molecular flexibility index (Phi) is 4.90. The van der Waals surface area contributed by atoms with Gasteiger partial charge in [0.25, 0.3) is 0 Å². The Hall–Kier alpha value is -2.14. The van der Waals surface area contributed by atoms with Crippen LogP contribution in [0.25, 0.3) is 0 Å². The number of carboxylic acids is 1. The lowest BCUT2D eigenvalue weighted by Gasteiger charge is -2.31. The van der Waals surface area contributed by atoms with E-state index in [4.69, 9.17) is 14.6 Å². The summed E-state index contributed by atoms with van der Waals surface area (Å²) in [6.07, 6.45) is 3.12. The minimum Gasteiger partial charge on any atom is -0.481 e. The number of rotatable bonds is 6. The summed E-state index contributed by atoms with van der Waals surface area (Å²) in [5, 5.41) is 9.08. The Labute approximate surface area is 135 Å². The number of ether oxygens (including phenoxy) is 2. The molecule has 1 aliphatic rings. The van der Waals surface area contributed by atoms with Crippen molar-refractivity contribution >= 4 is 11.9 Å². The van der Waals surface area contributed by atoms with Crippen molar-refractivity contribution in [2.45, 2.75) is 50.9 Å². The number of benzene rings is 1. The van der Waals surface area contributed by atoms with Gasteiger partial charge >= 0.3 is 11.9 Å². The maximum absolute atomic E-state index is 11.3. The molecule has 0 radical (unpaired) electrons. The fourth-order valence-corrected chi connectivity index (χ4v) is 2.91. The molecule has 124 valence electrons. The number of carbonyl (C=O) groups excluding carboxylic acids is 1. The molecule has 0 spiro atoms. The second kappa shape index (κ2) is 6.54. The van der Waals surface area contributed by atoms with Crippen LogP contribution in [0.2, 0.25) is 0 Å². The molecule has 0 saturated carbocycles. The van der Waals surface area contributed by atoms with E-state index in [1.54, 1.807) is 12.2 Å². The highest BCUT2D eigenvalue weighted by Crippen LogP contribution is 2.36. The fraction of sp³-hybridized carbons (Fsp3) is 0.444. The topological polar surface area (TPSA) is 72.8 Å². The number of carboxylic acid groups (broad SMARTS) is 1. The largest absolute Gasteiger partial charge is 0.481 e. The van der Waals surface area contributed by atoms with Crippen LogP contribution in [0.5, 0.6) is 0 Å². The summed E-state index contributed by atoms with van der Waals surface area (Å²) in [6, 6.07) is 9.79. The van der Waals surface area contributed by atoms with Crippen molar-refractivity contribution in [3.63, 3.8) is 0 Å². The average molecular weight is 318 g/mol. The van der Waals surface area contributed by atoms with Crippen LogP contribution in [0.3, 0.4) is 0 Å². The summed E-state index contributed by atoms with van der Waals surface area (Å²) in [5.41, 5.74) is -0.641. The molecule has 1 aromatic rings. The highest BCUT2D eigenvalue weighted by Gasteiger charge is 2.42. The van der Waals surface area contributed by atoms with Gasteiger partial charge in [0.15, 0.2) is 0 Å². The highest BCUT2D eigenvalue weighted by molar-refractivity contribution is 5.72. The van der Waals surface area contributed by atoms with Crippen LogP contribution in [0, 0.1) is 0 Å². The molecule has 2 rings (SSSR count). The van der Waals surface area contributed by atoms with E-state index in [1.165, 1.54) is 6.92 Å². The summed E-state index contributed by atoms with van der Waals surface area (Å²) in [6.45, 7) is 5.19. The normalized spacial score (nSPS) is 23.7. The zero-order chi connectivity index (χ0) is 17.1. The summed E-state index contributed by atoms with van der Waals surface area (Å²) in [5.74, 6) is -1.52. The van der Waals surface area contributed by atoms with Gasteiger partial charge < -0.3 is 14.6 Å². The first kappa shape index (κ1) is 17.2. The van der Waals surface area contributed by atoms with Crippen molar-refractivity contribution in [3.05, 3.63) is 48.0 Å². The number of esters is 1. The van der Waals surface area contributed by atoms with E-state index >= 15 is 0 Å². The maximum atomic E-state index is 11.3. The smallest absolute Gasteiger partial charge is 0.307 e. The zero-order valence-corrected chi connectivity index (χ0v) is 13.6. The molecule has 5 nitrogen and oxygen atoms in total. The number of hydrogen-bond acceptors (Lipinski definition) is 4. The van der Waals surface area contributed by atoms with Crippen LogP contribution < -0.4 is 0 Å². The third-order valence-corrected chi connectivity index (χ3v) is 3.87. The van der Waals surface area contributed by atoms with Crippen LogP contribution >= 0.6 is 0 Å². The molecule has 23 heavy (non-hydrogen) atoms. The van der Waals surface area contributed by atoms with E-state index in [9.17, 15) is 9.59 Å². The number of carbonyl (C=O) groups is 2. The number of aliphatic carboxylic acids is 1. The van der Waals surface area contributed by atoms with E-state index in [0.29, 0.717) is 6.42 Å². The van der Waals surface area contributed by atoms with Crippen LogP contribution in [0.1, 0.15) is 39.2 Å². The molecule has 2 atom stereocenters. The molecule has 0 unspecified atom stereocenters. The first-order valence-electron chi connectivity index (χ1n) is 7.56. The van der Waals surface area contributed by atoms with Gasteiger partial charge in [0.2, 0.25) is 0 Å². The molecular formula is C18H22O5. The summed E-state index contributed by atoms with van der Waals surface area (Å²) >= 11 is 0. The van der Waals surface area contributed by atoms with Gasteiger partial charge in [0.05, 0.1) is 18.1 Å². The Bertz CT molecular complexity index is 587. The molecule has 0 saturated heterocycles. The van der Waals surface area contributed by atoms with Crippen molar-refractivity contribution in [3.8, 4) is 0 Å². The van der Waals surface area contributed by atoms with Gasteiger partial charge in [-0.2, -0.15) is 0 Å². The van der Waals surface area contributed by atoms with Gasteiger partial charge in [0, 0.05) is 13.3 Å². The number of hydrogen-bond donors (Lipinski definition) is 1. The summed E-state index contributed by atoms with van der Waals surface area (Å²) < 4.78 is 11.4. The summed E-state index contributed by atoms with van der Waals surface area (Å²) in [7, 11) is 0. The Morgan fingerprint density at radius 1 is 1.30 bits per heavy atom. The van der Waals surface area contributed by atoms with Crippen molar-refractivity contribution < 1.29 is 24.2 Å². The maximum Gasteiger partial charge on any atom is 0.307 e. The van der Waals surface area contributed by atoms with Gasteiger partial charge in [0.1, 0.15) is 5.60 Å². The van der Waals surface area contributed by atoms with Gasteiger partial charge in [-0.1, -0.05) is 36.4 Å². The fourth-order valence-electron chi connectivity index (χ4n) is 2.91. The lowest BCUT2D eigenvalue weighted by Crippen LogP contribution is -2.36. The molecule has 5 heteroatoms. The molecular weight excluding hydrogens is 296 g/mol. The van der Waals surface area contributed by atoms with Gasteiger partial charge in [-0.25, -0.2) is 0 Å². The molecule has 1 N–H and O–H groups in total. The minimum absolute atomic E-state index is 0.269. The first-order valence-corrected chi connectivity index (χ1v) is 7.56. The molecule has 0 aliphatic heterocycles. The van der Waals surface area contributed by atoms with Crippen LogP contribution in [-0.4, -0.2) is 28.8 Å². The average Bonchev–Trinajstić information content (AvgIpc) is 2.79. The predicted molar refractivity (Wildman–Crippen MR) is 84.8 cm³/mol. The van der Waals surface area contributed by atoms with Gasteiger partial charge in [-0.3, -0.25) is 9.59 Å². The quantitative estimate of drug-likeness (QED) is 0.644.